The van der Waals surface area contributed by atoms with Crippen molar-refractivity contribution < 1.29 is 9.59 Å². The minimum Gasteiger partial charge on any atom is -0.309 e. The molecule has 0 saturated carbocycles. The molecule has 0 atom stereocenters. The first-order valence-electron chi connectivity index (χ1n) is 7.44. The zero-order valence-corrected chi connectivity index (χ0v) is 12.7. The summed E-state index contributed by atoms with van der Waals surface area (Å²) in [6.07, 6.45) is 2.83. The normalized spacial score (nSPS) is 13.7. The van der Waals surface area contributed by atoms with Crippen molar-refractivity contribution in [2.75, 3.05) is 22.1 Å². The van der Waals surface area contributed by atoms with Crippen molar-refractivity contribution in [3.05, 3.63) is 47.5 Å². The van der Waals surface area contributed by atoms with Crippen LogP contribution in [0.4, 0.5) is 27.7 Å². The maximum atomic E-state index is 12.1. The van der Waals surface area contributed by atoms with E-state index in [1.165, 1.54) is 12.1 Å². The number of rotatable bonds is 4. The molecule has 122 valence electrons. The number of nitrogens with one attached hydrogen (secondary N) is 2. The number of pyridine rings is 1. The lowest BCUT2D eigenvalue weighted by molar-refractivity contribution is -0.117. The van der Waals surface area contributed by atoms with Crippen molar-refractivity contribution >= 4 is 34.8 Å². The van der Waals surface area contributed by atoms with Crippen LogP contribution in [0.2, 0.25) is 0 Å². The monoisotopic (exact) mass is 325 g/mol. The van der Waals surface area contributed by atoms with Gasteiger partial charge in [0.25, 0.3) is 0 Å². The molecule has 1 aromatic carbocycles. The van der Waals surface area contributed by atoms with Crippen LogP contribution < -0.4 is 15.5 Å². The molecule has 3 amide bonds. The first-order valence-corrected chi connectivity index (χ1v) is 7.44. The van der Waals surface area contributed by atoms with E-state index in [1.54, 1.807) is 35.4 Å². The molecule has 0 unspecified atom stereocenters. The van der Waals surface area contributed by atoms with Gasteiger partial charge in [0.2, 0.25) is 5.91 Å². The van der Waals surface area contributed by atoms with E-state index in [-0.39, 0.29) is 11.6 Å². The van der Waals surface area contributed by atoms with Crippen LogP contribution >= 0.6 is 0 Å². The lowest BCUT2D eigenvalue weighted by Gasteiger charge is -2.19. The molecule has 1 saturated heterocycles. The maximum absolute atomic E-state index is 12.1. The summed E-state index contributed by atoms with van der Waals surface area (Å²) in [6.45, 7) is 0.612. The van der Waals surface area contributed by atoms with Gasteiger partial charge in [-0.25, -0.2) is 9.78 Å². The van der Waals surface area contributed by atoms with Crippen LogP contribution in [-0.4, -0.2) is 23.5 Å². The molecule has 0 bridgehead atoms. The Bertz CT molecular complexity index is 776. The fraction of sp³-hybridized carbons (Fsp3) is 0.188. The van der Waals surface area contributed by atoms with E-state index >= 15 is 0 Å². The first-order chi connectivity index (χ1) is 11.7. The molecule has 0 radical (unpaired) electrons. The van der Waals surface area contributed by atoms with Gasteiger partial charge < -0.3 is 10.2 Å². The van der Waals surface area contributed by atoms with E-state index in [0.717, 1.165) is 6.42 Å². The molecule has 2 aromatic rings. The Morgan fingerprint density at radius 2 is 1.96 bits per heavy atom. The fourth-order valence-electron chi connectivity index (χ4n) is 2.49. The van der Waals surface area contributed by atoms with Gasteiger partial charge in [-0.3, -0.25) is 10.1 Å². The van der Waals surface area contributed by atoms with Crippen LogP contribution in [0.15, 0.2) is 47.8 Å². The Morgan fingerprint density at radius 3 is 2.62 bits per heavy atom. The highest BCUT2D eigenvalue weighted by molar-refractivity contribution is 6.04. The molecule has 8 nitrogen and oxygen atoms in total. The number of carbonyl (C=O) groups excluding carboxylic acids is 2. The predicted molar refractivity (Wildman–Crippen MR) is 90.4 cm³/mol. The van der Waals surface area contributed by atoms with Gasteiger partial charge in [0.1, 0.15) is 5.69 Å². The van der Waals surface area contributed by atoms with Gasteiger partial charge in [0, 0.05) is 24.8 Å². The van der Waals surface area contributed by atoms with E-state index in [9.17, 15) is 14.5 Å². The van der Waals surface area contributed by atoms with Gasteiger partial charge in [-0.2, -0.15) is 0 Å². The highest BCUT2D eigenvalue weighted by atomic mass is 16.3. The maximum Gasteiger partial charge on any atom is 0.324 e. The zero-order valence-electron chi connectivity index (χ0n) is 12.7. The fourth-order valence-corrected chi connectivity index (χ4v) is 2.49. The lowest BCUT2D eigenvalue weighted by Crippen LogP contribution is -2.27. The largest absolute Gasteiger partial charge is 0.324 e. The Kier molecular flexibility index (Phi) is 4.46. The molecule has 1 fully saturated rings. The number of aromatic nitrogens is 1. The molecule has 1 aliphatic rings. The topological polar surface area (TPSA) is 104 Å². The second-order valence-electron chi connectivity index (χ2n) is 5.24. The molecule has 0 spiro atoms. The third kappa shape index (κ3) is 3.37. The molecular weight excluding hydrogens is 310 g/mol. The molecular formula is C16H15N5O3. The summed E-state index contributed by atoms with van der Waals surface area (Å²) in [5.74, 6) is 0.333. The molecule has 8 heteroatoms. The number of nitrogens with zero attached hydrogens (tertiary/aromatic N) is 3. The van der Waals surface area contributed by atoms with Gasteiger partial charge >= 0.3 is 6.03 Å². The van der Waals surface area contributed by atoms with Crippen molar-refractivity contribution in [3.8, 4) is 0 Å². The molecule has 2 N–H and O–H groups in total. The van der Waals surface area contributed by atoms with Crippen molar-refractivity contribution in [3.63, 3.8) is 0 Å². The second-order valence-corrected chi connectivity index (χ2v) is 5.24. The van der Waals surface area contributed by atoms with Gasteiger partial charge in [-0.05, 0) is 48.0 Å². The number of amides is 3. The SMILES string of the molecule is O=Nc1ccc(NC(=O)Nc2ncccc2N2CCCC2=O)cc1. The van der Waals surface area contributed by atoms with E-state index in [4.69, 9.17) is 0 Å². The standard InChI is InChI=1S/C16H15N5O3/c22-14-4-2-10-21(14)13-3-1-9-17-15(13)19-16(23)18-11-5-7-12(20-24)8-6-11/h1,3,5-9H,2,4,10H2,(H2,17,18,19,23). The van der Waals surface area contributed by atoms with Gasteiger partial charge in [-0.15, -0.1) is 4.91 Å². The molecule has 0 aliphatic carbocycles. The molecule has 2 heterocycles. The summed E-state index contributed by atoms with van der Waals surface area (Å²) in [7, 11) is 0. The third-order valence-corrected chi connectivity index (χ3v) is 3.61. The highest BCUT2D eigenvalue weighted by Gasteiger charge is 2.24. The molecule has 24 heavy (non-hydrogen) atoms. The number of anilines is 3. The summed E-state index contributed by atoms with van der Waals surface area (Å²) in [4.78, 5) is 40.2. The van der Waals surface area contributed by atoms with E-state index in [1.807, 2.05) is 0 Å². The zero-order chi connectivity index (χ0) is 16.9. The van der Waals surface area contributed by atoms with Crippen molar-refractivity contribution in [1.82, 2.24) is 4.98 Å². The summed E-state index contributed by atoms with van der Waals surface area (Å²) in [5.41, 5.74) is 1.37. The Morgan fingerprint density at radius 1 is 1.17 bits per heavy atom. The Hall–Kier alpha value is -3.29. The van der Waals surface area contributed by atoms with Crippen LogP contribution in [0.1, 0.15) is 12.8 Å². The molecule has 1 aliphatic heterocycles. The van der Waals surface area contributed by atoms with Gasteiger partial charge in [0.05, 0.1) is 5.69 Å². The number of urea groups is 1. The predicted octanol–water partition coefficient (Wildman–Crippen LogP) is 3.25. The van der Waals surface area contributed by atoms with Crippen LogP contribution in [0.3, 0.4) is 0 Å². The average Bonchev–Trinajstić information content (AvgIpc) is 3.02. The van der Waals surface area contributed by atoms with Crippen LogP contribution in [-0.2, 0) is 4.79 Å². The number of hydrogen-bond donors (Lipinski definition) is 2. The van der Waals surface area contributed by atoms with Gasteiger partial charge in [-0.1, -0.05) is 0 Å². The van der Waals surface area contributed by atoms with Crippen LogP contribution in [0.5, 0.6) is 0 Å². The van der Waals surface area contributed by atoms with Crippen LogP contribution in [0.25, 0.3) is 0 Å². The van der Waals surface area contributed by atoms with E-state index < -0.39 is 6.03 Å². The third-order valence-electron chi connectivity index (χ3n) is 3.61. The minimum absolute atomic E-state index is 0.0170. The number of benzene rings is 1. The summed E-state index contributed by atoms with van der Waals surface area (Å²) >= 11 is 0. The lowest BCUT2D eigenvalue weighted by atomic mass is 10.3. The second kappa shape index (κ2) is 6.86. The van der Waals surface area contributed by atoms with Crippen molar-refractivity contribution in [2.45, 2.75) is 12.8 Å². The summed E-state index contributed by atoms with van der Waals surface area (Å²) < 4.78 is 0. The number of nitroso groups, excluding NO2 is 1. The Balaban J connectivity index is 1.72. The van der Waals surface area contributed by atoms with E-state index in [0.29, 0.717) is 30.2 Å². The van der Waals surface area contributed by atoms with Crippen LogP contribution in [0, 0.1) is 4.91 Å². The smallest absolute Gasteiger partial charge is 0.309 e. The average molecular weight is 325 g/mol. The van der Waals surface area contributed by atoms with Gasteiger partial charge in [0.15, 0.2) is 5.82 Å². The highest BCUT2D eigenvalue weighted by Crippen LogP contribution is 2.27. The van der Waals surface area contributed by atoms with E-state index in [2.05, 4.69) is 20.8 Å². The molecule has 1 aromatic heterocycles. The van der Waals surface area contributed by atoms with Crippen molar-refractivity contribution in [1.29, 1.82) is 0 Å². The summed E-state index contributed by atoms with van der Waals surface area (Å²) in [5, 5.41) is 8.07. The quantitative estimate of drug-likeness (QED) is 0.842. The van der Waals surface area contributed by atoms with Crippen molar-refractivity contribution in [2.24, 2.45) is 5.18 Å². The number of hydrogen-bond acceptors (Lipinski definition) is 5. The first kappa shape index (κ1) is 15.6. The number of carbonyl (C=O) groups is 2. The molecule has 3 rings (SSSR count). The Labute approximate surface area is 137 Å². The minimum atomic E-state index is -0.492. The summed E-state index contributed by atoms with van der Waals surface area (Å²) in [6, 6.07) is 9.11.